The summed E-state index contributed by atoms with van der Waals surface area (Å²) in [6.07, 6.45) is 2.39. The molecule has 1 N–H and O–H groups in total. The van der Waals surface area contributed by atoms with Gasteiger partial charge in [0.15, 0.2) is 0 Å². The van der Waals surface area contributed by atoms with Gasteiger partial charge < -0.3 is 19.7 Å². The van der Waals surface area contributed by atoms with E-state index < -0.39 is 11.8 Å². The van der Waals surface area contributed by atoms with E-state index in [1.807, 2.05) is 12.1 Å². The van der Waals surface area contributed by atoms with Crippen molar-refractivity contribution in [2.24, 2.45) is 0 Å². The van der Waals surface area contributed by atoms with E-state index in [-0.39, 0.29) is 30.9 Å². The molecule has 2 aromatic carbocycles. The molecule has 0 aliphatic carbocycles. The fourth-order valence-electron chi connectivity index (χ4n) is 5.09. The molecule has 9 nitrogen and oxygen atoms in total. The molecule has 2 aliphatic heterocycles. The summed E-state index contributed by atoms with van der Waals surface area (Å²) >= 11 is 5.97. The fourth-order valence-corrected chi connectivity index (χ4v) is 5.22. The lowest BCUT2D eigenvalue weighted by Crippen LogP contribution is -2.59. The smallest absolute Gasteiger partial charge is 0.257 e. The van der Waals surface area contributed by atoms with E-state index >= 15 is 0 Å². The highest BCUT2D eigenvalue weighted by Gasteiger charge is 2.54. The lowest BCUT2D eigenvalue weighted by atomic mass is 9.96. The summed E-state index contributed by atoms with van der Waals surface area (Å²) in [5.41, 5.74) is 0.614. The normalized spacial score (nSPS) is 18.2. The number of nitrogens with one attached hydrogen (secondary N) is 1. The van der Waals surface area contributed by atoms with Crippen LogP contribution in [0.15, 0.2) is 72.9 Å². The maximum atomic E-state index is 14.0. The SMILES string of the molecule is COc1cccc(C(=O)N2[C@H](C(=O)NCc3ccccn3)COC23CCN(C(=O)c2ccc(Cl)cc2)CC3)c1. The third-order valence-corrected chi connectivity index (χ3v) is 7.44. The lowest BCUT2D eigenvalue weighted by molar-refractivity contribution is -0.128. The highest BCUT2D eigenvalue weighted by Crippen LogP contribution is 2.39. The quantitative estimate of drug-likeness (QED) is 0.506. The van der Waals surface area contributed by atoms with Crippen molar-refractivity contribution in [1.29, 1.82) is 0 Å². The number of ether oxygens (including phenoxy) is 2. The Morgan fingerprint density at radius 2 is 1.79 bits per heavy atom. The maximum absolute atomic E-state index is 14.0. The van der Waals surface area contributed by atoms with Crippen LogP contribution >= 0.6 is 11.6 Å². The van der Waals surface area contributed by atoms with E-state index in [0.29, 0.717) is 53.5 Å². The number of methoxy groups -OCH3 is 1. The molecule has 2 saturated heterocycles. The molecule has 0 saturated carbocycles. The summed E-state index contributed by atoms with van der Waals surface area (Å²) < 4.78 is 11.6. The Kier molecular flexibility index (Phi) is 7.81. The average Bonchev–Trinajstić information content (AvgIpc) is 3.34. The molecule has 3 aromatic rings. The molecule has 2 aliphatic rings. The van der Waals surface area contributed by atoms with Crippen LogP contribution in [0.2, 0.25) is 5.02 Å². The summed E-state index contributed by atoms with van der Waals surface area (Å²) in [5, 5.41) is 3.46. The molecule has 10 heteroatoms. The first-order chi connectivity index (χ1) is 18.9. The number of hydrogen-bond acceptors (Lipinski definition) is 6. The molecule has 1 aromatic heterocycles. The number of halogens is 1. The van der Waals surface area contributed by atoms with Crippen molar-refractivity contribution in [2.45, 2.75) is 31.2 Å². The molecular formula is C29H29ClN4O5. The van der Waals surface area contributed by atoms with E-state index in [1.54, 1.807) is 70.6 Å². The van der Waals surface area contributed by atoms with Crippen molar-refractivity contribution < 1.29 is 23.9 Å². The largest absolute Gasteiger partial charge is 0.497 e. The Morgan fingerprint density at radius 1 is 1.03 bits per heavy atom. The monoisotopic (exact) mass is 548 g/mol. The van der Waals surface area contributed by atoms with Gasteiger partial charge in [-0.3, -0.25) is 24.3 Å². The van der Waals surface area contributed by atoms with Gasteiger partial charge in [-0.2, -0.15) is 0 Å². The van der Waals surface area contributed by atoms with Crippen LogP contribution in [0.25, 0.3) is 0 Å². The fraction of sp³-hybridized carbons (Fsp3) is 0.310. The van der Waals surface area contributed by atoms with Crippen molar-refractivity contribution in [3.63, 3.8) is 0 Å². The van der Waals surface area contributed by atoms with E-state index in [0.717, 1.165) is 0 Å². The highest BCUT2D eigenvalue weighted by atomic mass is 35.5. The van der Waals surface area contributed by atoms with E-state index in [2.05, 4.69) is 10.3 Å². The summed E-state index contributed by atoms with van der Waals surface area (Å²) in [6.45, 7) is 1.01. The third kappa shape index (κ3) is 5.60. The van der Waals surface area contributed by atoms with Gasteiger partial charge >= 0.3 is 0 Å². The second-order valence-corrected chi connectivity index (χ2v) is 9.95. The first-order valence-corrected chi connectivity index (χ1v) is 13.1. The van der Waals surface area contributed by atoms with Crippen molar-refractivity contribution in [2.75, 3.05) is 26.8 Å². The van der Waals surface area contributed by atoms with Gasteiger partial charge in [0.25, 0.3) is 11.8 Å². The number of benzene rings is 2. The standard InChI is InChI=1S/C29H29ClN4O5/c1-38-24-7-4-5-21(17-24)28(37)34-25(26(35)32-18-23-6-2-3-14-31-23)19-39-29(34)12-15-33(16-13-29)27(36)20-8-10-22(30)11-9-20/h2-11,14,17,25H,12-13,15-16,18-19H2,1H3,(H,32,35)/t25-/m0/s1. The molecule has 1 atom stereocenters. The number of hydrogen-bond donors (Lipinski definition) is 1. The lowest BCUT2D eigenvalue weighted by Gasteiger charge is -2.44. The number of piperidine rings is 1. The number of amides is 3. The van der Waals surface area contributed by atoms with Gasteiger partial charge in [0, 0.05) is 48.3 Å². The minimum Gasteiger partial charge on any atom is -0.497 e. The van der Waals surface area contributed by atoms with E-state index in [9.17, 15) is 14.4 Å². The topological polar surface area (TPSA) is 101 Å². The molecule has 0 bridgehead atoms. The highest BCUT2D eigenvalue weighted by molar-refractivity contribution is 6.30. The molecule has 2 fully saturated rings. The van der Waals surface area contributed by atoms with Crippen LogP contribution in [0.3, 0.4) is 0 Å². The van der Waals surface area contributed by atoms with Crippen molar-refractivity contribution in [3.05, 3.63) is 94.8 Å². The van der Waals surface area contributed by atoms with Crippen LogP contribution < -0.4 is 10.1 Å². The summed E-state index contributed by atoms with van der Waals surface area (Å²) in [7, 11) is 1.53. The summed E-state index contributed by atoms with van der Waals surface area (Å²) in [5.74, 6) is -0.236. The maximum Gasteiger partial charge on any atom is 0.257 e. The molecule has 202 valence electrons. The Balaban J connectivity index is 1.37. The first kappa shape index (κ1) is 26.6. The molecule has 0 unspecified atom stereocenters. The molecular weight excluding hydrogens is 520 g/mol. The number of rotatable bonds is 6. The summed E-state index contributed by atoms with van der Waals surface area (Å²) in [4.78, 5) is 48.0. The van der Waals surface area contributed by atoms with Gasteiger partial charge in [0.05, 0.1) is 26.0 Å². The molecule has 3 amide bonds. The number of nitrogens with zero attached hydrogens (tertiary/aromatic N) is 3. The minimum atomic E-state index is -1.02. The van der Waals surface area contributed by atoms with Gasteiger partial charge in [0.2, 0.25) is 5.91 Å². The number of carbonyl (C=O) groups is 3. The first-order valence-electron chi connectivity index (χ1n) is 12.7. The number of likely N-dealkylation sites (tertiary alicyclic amines) is 1. The van der Waals surface area contributed by atoms with E-state index in [1.165, 1.54) is 7.11 Å². The van der Waals surface area contributed by atoms with Crippen LogP contribution in [-0.4, -0.2) is 71.1 Å². The molecule has 1 spiro atoms. The zero-order valence-corrected chi connectivity index (χ0v) is 22.3. The van der Waals surface area contributed by atoms with Gasteiger partial charge in [-0.15, -0.1) is 0 Å². The summed E-state index contributed by atoms with van der Waals surface area (Å²) in [6, 6.07) is 18.2. The third-order valence-electron chi connectivity index (χ3n) is 7.19. The Bertz CT molecular complexity index is 1340. The predicted octanol–water partition coefficient (Wildman–Crippen LogP) is 3.53. The van der Waals surface area contributed by atoms with E-state index in [4.69, 9.17) is 21.1 Å². The average molecular weight is 549 g/mol. The van der Waals surface area contributed by atoms with Gasteiger partial charge in [0.1, 0.15) is 17.5 Å². The number of pyridine rings is 1. The zero-order valence-electron chi connectivity index (χ0n) is 21.5. The number of carbonyl (C=O) groups excluding carboxylic acids is 3. The minimum absolute atomic E-state index is 0.0505. The molecule has 39 heavy (non-hydrogen) atoms. The zero-order chi connectivity index (χ0) is 27.4. The van der Waals surface area contributed by atoms with Crippen LogP contribution in [0.1, 0.15) is 39.3 Å². The van der Waals surface area contributed by atoms with Gasteiger partial charge in [-0.1, -0.05) is 23.7 Å². The van der Waals surface area contributed by atoms with Crippen molar-refractivity contribution in [3.8, 4) is 5.75 Å². The molecule has 5 rings (SSSR count). The second-order valence-electron chi connectivity index (χ2n) is 9.52. The Morgan fingerprint density at radius 3 is 2.49 bits per heavy atom. The van der Waals surface area contributed by atoms with Crippen molar-refractivity contribution in [1.82, 2.24) is 20.1 Å². The van der Waals surface area contributed by atoms with Crippen molar-refractivity contribution >= 4 is 29.3 Å². The Hall–Kier alpha value is -3.95. The van der Waals surface area contributed by atoms with Crippen LogP contribution in [0.4, 0.5) is 0 Å². The van der Waals surface area contributed by atoms with Crippen LogP contribution in [-0.2, 0) is 16.1 Å². The second kappa shape index (κ2) is 11.4. The van der Waals surface area contributed by atoms with Crippen LogP contribution in [0, 0.1) is 0 Å². The van der Waals surface area contributed by atoms with Gasteiger partial charge in [-0.05, 0) is 54.6 Å². The van der Waals surface area contributed by atoms with Gasteiger partial charge in [-0.25, -0.2) is 0 Å². The van der Waals surface area contributed by atoms with Crippen LogP contribution in [0.5, 0.6) is 5.75 Å². The molecule has 0 radical (unpaired) electrons. The Labute approximate surface area is 231 Å². The number of aromatic nitrogens is 1. The predicted molar refractivity (Wildman–Crippen MR) is 144 cm³/mol. The molecule has 3 heterocycles.